The maximum Gasteiger partial charge on any atom is 0.259 e. The molecule has 0 unspecified atom stereocenters. The van der Waals surface area contributed by atoms with Crippen molar-refractivity contribution in [1.82, 2.24) is 0 Å². The number of benzene rings is 4. The number of fused-ring (bicyclic) bond motifs is 2. The van der Waals surface area contributed by atoms with Gasteiger partial charge in [-0.2, -0.15) is 0 Å². The number of carbonyl (C=O) groups excluding carboxylic acids is 1. The van der Waals surface area contributed by atoms with Crippen molar-refractivity contribution in [3.63, 3.8) is 0 Å². The summed E-state index contributed by atoms with van der Waals surface area (Å²) in [5.74, 6) is 1.17. The fourth-order valence-corrected chi connectivity index (χ4v) is 7.18. The van der Waals surface area contributed by atoms with Crippen molar-refractivity contribution in [3.05, 3.63) is 123 Å². The van der Waals surface area contributed by atoms with Gasteiger partial charge in [0.2, 0.25) is 0 Å². The number of rotatable bonds is 7. The van der Waals surface area contributed by atoms with Crippen LogP contribution in [0.3, 0.4) is 0 Å². The number of nitrogens with zero attached hydrogens (tertiary/aromatic N) is 1. The summed E-state index contributed by atoms with van der Waals surface area (Å²) in [4.78, 5) is 19.9. The van der Waals surface area contributed by atoms with E-state index < -0.39 is 0 Å². The van der Waals surface area contributed by atoms with Crippen LogP contribution in [0, 0.1) is 11.3 Å². The first-order valence-corrected chi connectivity index (χ1v) is 15.9. The van der Waals surface area contributed by atoms with Gasteiger partial charge in [0.05, 0.1) is 5.56 Å². The van der Waals surface area contributed by atoms with Gasteiger partial charge >= 0.3 is 0 Å². The van der Waals surface area contributed by atoms with Crippen LogP contribution in [0.25, 0.3) is 10.8 Å². The van der Waals surface area contributed by atoms with Gasteiger partial charge in [0, 0.05) is 27.4 Å². The molecule has 5 aromatic rings. The molecule has 1 aliphatic rings. The summed E-state index contributed by atoms with van der Waals surface area (Å²) in [6.07, 6.45) is 4.72. The van der Waals surface area contributed by atoms with E-state index >= 15 is 0 Å². The molecule has 0 radical (unpaired) electrons. The van der Waals surface area contributed by atoms with E-state index in [0.29, 0.717) is 28.8 Å². The van der Waals surface area contributed by atoms with E-state index in [4.69, 9.17) is 21.3 Å². The first kappa shape index (κ1) is 29.2. The largest absolute Gasteiger partial charge is 0.488 e. The first-order valence-electron chi connectivity index (χ1n) is 14.7. The van der Waals surface area contributed by atoms with Crippen LogP contribution < -0.4 is 10.1 Å². The van der Waals surface area contributed by atoms with Crippen LogP contribution in [0.1, 0.15) is 59.1 Å². The summed E-state index contributed by atoms with van der Waals surface area (Å²) in [6, 6.07) is 29.7. The Bertz CT molecular complexity index is 1790. The average molecular weight is 607 g/mol. The minimum atomic E-state index is -0.137. The van der Waals surface area contributed by atoms with Crippen molar-refractivity contribution in [2.45, 2.75) is 46.6 Å². The normalized spacial score (nSPS) is 15.0. The Morgan fingerprint density at radius 2 is 1.74 bits per heavy atom. The minimum absolute atomic E-state index is 0.137. The molecule has 0 bridgehead atoms. The summed E-state index contributed by atoms with van der Waals surface area (Å²) in [5.41, 5.74) is 4.71. The molecule has 1 atom stereocenters. The molecular weight excluding hydrogens is 572 g/mol. The third kappa shape index (κ3) is 6.53. The van der Waals surface area contributed by atoms with E-state index in [2.05, 4.69) is 68.6 Å². The van der Waals surface area contributed by atoms with Gasteiger partial charge in [0.15, 0.2) is 0 Å². The zero-order valence-corrected chi connectivity index (χ0v) is 26.3. The van der Waals surface area contributed by atoms with Crippen molar-refractivity contribution >= 4 is 56.5 Å². The molecule has 1 N–H and O–H groups in total. The molecule has 4 aromatic carbocycles. The van der Waals surface area contributed by atoms with Crippen LogP contribution >= 0.6 is 22.9 Å². The zero-order chi connectivity index (χ0) is 30.0. The van der Waals surface area contributed by atoms with E-state index in [0.717, 1.165) is 46.7 Å². The summed E-state index contributed by atoms with van der Waals surface area (Å²) in [7, 11) is 0. The molecule has 6 heteroatoms. The second-order valence-electron chi connectivity index (χ2n) is 12.2. The molecular formula is C37H35ClN2O2S. The van der Waals surface area contributed by atoms with Crippen molar-refractivity contribution < 1.29 is 9.53 Å². The van der Waals surface area contributed by atoms with E-state index in [1.165, 1.54) is 15.6 Å². The third-order valence-electron chi connectivity index (χ3n) is 8.30. The quantitative estimate of drug-likeness (QED) is 0.187. The molecule has 43 heavy (non-hydrogen) atoms. The predicted molar refractivity (Wildman–Crippen MR) is 181 cm³/mol. The second-order valence-corrected chi connectivity index (χ2v) is 13.7. The first-order chi connectivity index (χ1) is 20.8. The van der Waals surface area contributed by atoms with Gasteiger partial charge in [-0.3, -0.25) is 4.79 Å². The third-order valence-corrected chi connectivity index (χ3v) is 9.72. The van der Waals surface area contributed by atoms with Gasteiger partial charge in [-0.1, -0.05) is 87.0 Å². The fraction of sp³-hybridized carbons (Fsp3) is 0.243. The molecule has 0 saturated carbocycles. The number of aliphatic imine (C=N–C) groups is 1. The highest BCUT2D eigenvalue weighted by Crippen LogP contribution is 2.45. The van der Waals surface area contributed by atoms with Crippen LogP contribution in [-0.2, 0) is 19.4 Å². The van der Waals surface area contributed by atoms with Gasteiger partial charge in [-0.25, -0.2) is 4.99 Å². The molecule has 218 valence electrons. The Morgan fingerprint density at radius 1 is 1.00 bits per heavy atom. The predicted octanol–water partition coefficient (Wildman–Crippen LogP) is 10.3. The monoisotopic (exact) mass is 606 g/mol. The van der Waals surface area contributed by atoms with E-state index in [-0.39, 0.29) is 11.3 Å². The Kier molecular flexibility index (Phi) is 8.38. The molecule has 0 fully saturated rings. The highest BCUT2D eigenvalue weighted by Gasteiger charge is 2.33. The van der Waals surface area contributed by atoms with Crippen LogP contribution in [0.5, 0.6) is 5.75 Å². The zero-order valence-electron chi connectivity index (χ0n) is 24.7. The topological polar surface area (TPSA) is 50.7 Å². The molecule has 6 rings (SSSR count). The lowest BCUT2D eigenvalue weighted by atomic mass is 9.72. The van der Waals surface area contributed by atoms with Gasteiger partial charge in [-0.15, -0.1) is 11.3 Å². The molecule has 1 amide bonds. The molecule has 0 spiro atoms. The number of halogens is 1. The Balaban J connectivity index is 1.30. The maximum atomic E-state index is 13.7. The van der Waals surface area contributed by atoms with Gasteiger partial charge in [-0.05, 0) is 88.9 Å². The SMILES string of the molecule is CC(C)(C)[C@@H]1CCc2c(sc(N=Cc3ccccc3OCc3cccc4ccccc34)c2C(=O)Nc2ccc(Cl)cc2)C1. The van der Waals surface area contributed by atoms with Gasteiger partial charge < -0.3 is 10.1 Å². The number of hydrogen-bond donors (Lipinski definition) is 1. The number of ether oxygens (including phenoxy) is 1. The maximum absolute atomic E-state index is 13.7. The second kappa shape index (κ2) is 12.4. The smallest absolute Gasteiger partial charge is 0.259 e. The highest BCUT2D eigenvalue weighted by molar-refractivity contribution is 7.16. The molecule has 1 aliphatic carbocycles. The van der Waals surface area contributed by atoms with Crippen molar-refractivity contribution in [2.75, 3.05) is 5.32 Å². The number of carbonyl (C=O) groups is 1. The van der Waals surface area contributed by atoms with Crippen molar-refractivity contribution in [3.8, 4) is 5.75 Å². The lowest BCUT2D eigenvalue weighted by molar-refractivity contribution is 0.102. The molecule has 0 aliphatic heterocycles. The van der Waals surface area contributed by atoms with E-state index in [1.54, 1.807) is 23.5 Å². The number of para-hydroxylation sites is 1. The Labute approximate surface area is 262 Å². The van der Waals surface area contributed by atoms with Crippen molar-refractivity contribution in [1.29, 1.82) is 0 Å². The van der Waals surface area contributed by atoms with Crippen LogP contribution in [-0.4, -0.2) is 12.1 Å². The summed E-state index contributed by atoms with van der Waals surface area (Å²) in [6.45, 7) is 7.36. The highest BCUT2D eigenvalue weighted by atomic mass is 35.5. The van der Waals surface area contributed by atoms with E-state index in [9.17, 15) is 4.79 Å². The van der Waals surface area contributed by atoms with Crippen LogP contribution in [0.4, 0.5) is 10.7 Å². The Morgan fingerprint density at radius 3 is 2.56 bits per heavy atom. The number of nitrogens with one attached hydrogen (secondary N) is 1. The average Bonchev–Trinajstić information content (AvgIpc) is 3.38. The van der Waals surface area contributed by atoms with Crippen LogP contribution in [0.15, 0.2) is 96.0 Å². The summed E-state index contributed by atoms with van der Waals surface area (Å²) in [5, 5.41) is 6.82. The van der Waals surface area contributed by atoms with Gasteiger partial charge in [0.25, 0.3) is 5.91 Å². The lowest BCUT2D eigenvalue weighted by Crippen LogP contribution is -2.27. The van der Waals surface area contributed by atoms with Crippen molar-refractivity contribution in [2.24, 2.45) is 16.3 Å². The summed E-state index contributed by atoms with van der Waals surface area (Å²) < 4.78 is 6.34. The standard InChI is InChI=1S/C37H35ClN2O2S/c1-37(2,3)27-15-20-31-33(21-27)43-36(34(31)35(41)40-29-18-16-28(38)17-19-29)39-22-25-10-5-7-14-32(25)42-23-26-12-8-11-24-9-4-6-13-30(24)26/h4-14,16-19,22,27H,15,20-21,23H2,1-3H3,(H,40,41)/t27-/m1/s1. The number of anilines is 1. The summed E-state index contributed by atoms with van der Waals surface area (Å²) >= 11 is 7.71. The molecule has 1 aromatic heterocycles. The molecule has 4 nitrogen and oxygen atoms in total. The molecule has 0 saturated heterocycles. The van der Waals surface area contributed by atoms with Gasteiger partial charge in [0.1, 0.15) is 17.4 Å². The number of amides is 1. The number of hydrogen-bond acceptors (Lipinski definition) is 4. The Hall–Kier alpha value is -3.93. The molecule has 1 heterocycles. The van der Waals surface area contributed by atoms with E-state index in [1.807, 2.05) is 42.6 Å². The fourth-order valence-electron chi connectivity index (χ4n) is 5.78. The lowest BCUT2D eigenvalue weighted by Gasteiger charge is -2.33. The van der Waals surface area contributed by atoms with Crippen LogP contribution in [0.2, 0.25) is 5.02 Å². The minimum Gasteiger partial charge on any atom is -0.488 e. The number of thiophene rings is 1.